The van der Waals surface area contributed by atoms with Gasteiger partial charge in [0.05, 0.1) is 11.6 Å². The molecule has 1 atom stereocenters. The Labute approximate surface area is 121 Å². The van der Waals surface area contributed by atoms with Crippen LogP contribution >= 0.6 is 0 Å². The van der Waals surface area contributed by atoms with E-state index in [0.717, 1.165) is 45.2 Å². The van der Waals surface area contributed by atoms with E-state index in [0.29, 0.717) is 6.54 Å². The number of rotatable bonds is 6. The minimum atomic E-state index is -0.193. The minimum Gasteiger partial charge on any atom is -0.355 e. The zero-order valence-corrected chi connectivity index (χ0v) is 12.6. The highest BCUT2D eigenvalue weighted by Crippen LogP contribution is 2.31. The third-order valence-corrected chi connectivity index (χ3v) is 4.14. The molecule has 0 radical (unpaired) electrons. The van der Waals surface area contributed by atoms with E-state index in [1.54, 1.807) is 4.68 Å². The van der Waals surface area contributed by atoms with Gasteiger partial charge in [-0.2, -0.15) is 5.10 Å². The lowest BCUT2D eigenvalue weighted by molar-refractivity contribution is -0.132. The number of piperidine rings is 1. The van der Waals surface area contributed by atoms with Crippen molar-refractivity contribution in [3.05, 3.63) is 18.0 Å². The molecule has 1 aliphatic rings. The minimum absolute atomic E-state index is 0.193. The molecule has 2 heterocycles. The average molecular weight is 278 g/mol. The van der Waals surface area contributed by atoms with Crippen molar-refractivity contribution in [3.63, 3.8) is 0 Å². The molecule has 0 saturated carbocycles. The van der Waals surface area contributed by atoms with Crippen molar-refractivity contribution in [2.24, 2.45) is 12.5 Å². The van der Waals surface area contributed by atoms with E-state index < -0.39 is 0 Å². The van der Waals surface area contributed by atoms with Crippen molar-refractivity contribution in [3.8, 4) is 0 Å². The van der Waals surface area contributed by atoms with Crippen LogP contribution in [0.15, 0.2) is 12.4 Å². The molecule has 0 spiro atoms. The highest BCUT2D eigenvalue weighted by molar-refractivity contribution is 5.83. The van der Waals surface area contributed by atoms with Crippen molar-refractivity contribution >= 4 is 5.91 Å². The van der Waals surface area contributed by atoms with Gasteiger partial charge in [-0.1, -0.05) is 13.3 Å². The summed E-state index contributed by atoms with van der Waals surface area (Å²) in [5, 5.41) is 10.6. The van der Waals surface area contributed by atoms with E-state index >= 15 is 0 Å². The van der Waals surface area contributed by atoms with Gasteiger partial charge >= 0.3 is 0 Å². The van der Waals surface area contributed by atoms with Crippen LogP contribution < -0.4 is 10.6 Å². The summed E-state index contributed by atoms with van der Waals surface area (Å²) < 4.78 is 1.79. The molecule has 2 N–H and O–H groups in total. The van der Waals surface area contributed by atoms with Crippen LogP contribution in [0.4, 0.5) is 0 Å². The highest BCUT2D eigenvalue weighted by atomic mass is 16.2. The summed E-state index contributed by atoms with van der Waals surface area (Å²) >= 11 is 0. The molecular formula is C15H26N4O. The summed E-state index contributed by atoms with van der Waals surface area (Å²) in [5.74, 6) is 0.218. The van der Waals surface area contributed by atoms with E-state index in [9.17, 15) is 4.79 Å². The number of aromatic nitrogens is 2. The van der Waals surface area contributed by atoms with Crippen LogP contribution in [0.2, 0.25) is 0 Å². The summed E-state index contributed by atoms with van der Waals surface area (Å²) in [6, 6.07) is 0. The highest BCUT2D eigenvalue weighted by Gasteiger charge is 2.38. The molecular weight excluding hydrogens is 252 g/mol. The monoisotopic (exact) mass is 278 g/mol. The van der Waals surface area contributed by atoms with E-state index in [1.165, 1.54) is 5.56 Å². The summed E-state index contributed by atoms with van der Waals surface area (Å²) in [7, 11) is 1.91. The summed E-state index contributed by atoms with van der Waals surface area (Å²) in [5.41, 5.74) is 0.973. The fourth-order valence-electron chi connectivity index (χ4n) is 3.08. The maximum absolute atomic E-state index is 12.5. The molecule has 5 nitrogen and oxygen atoms in total. The third kappa shape index (κ3) is 3.60. The first-order chi connectivity index (χ1) is 9.66. The molecule has 20 heavy (non-hydrogen) atoms. The fraction of sp³-hybridized carbons (Fsp3) is 0.733. The van der Waals surface area contributed by atoms with Crippen molar-refractivity contribution in [1.82, 2.24) is 20.4 Å². The summed E-state index contributed by atoms with van der Waals surface area (Å²) in [4.78, 5) is 12.5. The predicted molar refractivity (Wildman–Crippen MR) is 79.4 cm³/mol. The van der Waals surface area contributed by atoms with Crippen LogP contribution in [0.5, 0.6) is 0 Å². The molecule has 1 aromatic heterocycles. The Morgan fingerprint density at radius 2 is 2.45 bits per heavy atom. The average Bonchev–Trinajstić information content (AvgIpc) is 2.86. The summed E-state index contributed by atoms with van der Waals surface area (Å²) in [6.07, 6.45) is 8.82. The Balaban J connectivity index is 1.85. The molecule has 1 amide bonds. The number of nitrogens with one attached hydrogen (secondary N) is 2. The number of hydrogen-bond donors (Lipinski definition) is 2. The topological polar surface area (TPSA) is 59.0 Å². The van der Waals surface area contributed by atoms with Gasteiger partial charge in [0.15, 0.2) is 0 Å². The molecule has 1 aromatic rings. The largest absolute Gasteiger partial charge is 0.355 e. The molecule has 0 aromatic carbocycles. The molecule has 1 aliphatic heterocycles. The maximum Gasteiger partial charge on any atom is 0.227 e. The van der Waals surface area contributed by atoms with Crippen molar-refractivity contribution in [1.29, 1.82) is 0 Å². The van der Waals surface area contributed by atoms with Crippen LogP contribution in [0.3, 0.4) is 0 Å². The van der Waals surface area contributed by atoms with Crippen LogP contribution in [-0.2, 0) is 18.3 Å². The van der Waals surface area contributed by atoms with Gasteiger partial charge in [-0.15, -0.1) is 0 Å². The summed E-state index contributed by atoms with van der Waals surface area (Å²) in [6.45, 7) is 4.70. The number of hydrogen-bond acceptors (Lipinski definition) is 3. The molecule has 1 saturated heterocycles. The fourth-order valence-corrected chi connectivity index (χ4v) is 3.08. The Kier molecular flexibility index (Phi) is 5.17. The first-order valence-corrected chi connectivity index (χ1v) is 7.63. The van der Waals surface area contributed by atoms with Gasteiger partial charge in [-0.25, -0.2) is 0 Å². The number of nitrogens with zero attached hydrogens (tertiary/aromatic N) is 2. The first kappa shape index (κ1) is 15.0. The van der Waals surface area contributed by atoms with E-state index in [2.05, 4.69) is 22.7 Å². The van der Waals surface area contributed by atoms with Crippen LogP contribution in [0.1, 0.15) is 38.2 Å². The number of carbonyl (C=O) groups is 1. The van der Waals surface area contributed by atoms with Crippen molar-refractivity contribution in [2.45, 2.75) is 39.0 Å². The molecule has 5 heteroatoms. The van der Waals surface area contributed by atoms with Gasteiger partial charge in [0, 0.05) is 26.3 Å². The van der Waals surface area contributed by atoms with Gasteiger partial charge in [0.25, 0.3) is 0 Å². The number of amides is 1. The second-order valence-corrected chi connectivity index (χ2v) is 5.84. The van der Waals surface area contributed by atoms with Crippen LogP contribution in [0, 0.1) is 5.41 Å². The van der Waals surface area contributed by atoms with Gasteiger partial charge in [0.2, 0.25) is 5.91 Å². The van der Waals surface area contributed by atoms with Gasteiger partial charge in [-0.3, -0.25) is 9.48 Å². The Morgan fingerprint density at radius 3 is 3.05 bits per heavy atom. The Morgan fingerprint density at radius 1 is 1.60 bits per heavy atom. The second kappa shape index (κ2) is 6.88. The standard InChI is InChI=1S/C15H26N4O/c1-3-6-15(7-4-8-16-12-15)14(20)17-9-5-13-10-18-19(2)11-13/h10-11,16H,3-9,12H2,1-2H3,(H,17,20). The van der Waals surface area contributed by atoms with Gasteiger partial charge in [-0.05, 0) is 37.8 Å². The maximum atomic E-state index is 12.5. The smallest absolute Gasteiger partial charge is 0.227 e. The molecule has 2 rings (SSSR count). The van der Waals surface area contributed by atoms with Crippen LogP contribution in [0.25, 0.3) is 0 Å². The van der Waals surface area contributed by atoms with E-state index in [4.69, 9.17) is 0 Å². The van der Waals surface area contributed by atoms with Gasteiger partial charge < -0.3 is 10.6 Å². The predicted octanol–water partition coefficient (Wildman–Crippen LogP) is 1.25. The Hall–Kier alpha value is -1.36. The van der Waals surface area contributed by atoms with Crippen molar-refractivity contribution in [2.75, 3.05) is 19.6 Å². The lowest BCUT2D eigenvalue weighted by atomic mass is 9.76. The molecule has 0 aliphatic carbocycles. The second-order valence-electron chi connectivity index (χ2n) is 5.84. The van der Waals surface area contributed by atoms with E-state index in [-0.39, 0.29) is 11.3 Å². The zero-order chi connectivity index (χ0) is 14.4. The number of aryl methyl sites for hydroxylation is 1. The molecule has 112 valence electrons. The third-order valence-electron chi connectivity index (χ3n) is 4.14. The molecule has 1 fully saturated rings. The Bertz CT molecular complexity index is 429. The normalized spacial score (nSPS) is 22.7. The number of carbonyl (C=O) groups excluding carboxylic acids is 1. The lowest BCUT2D eigenvalue weighted by Crippen LogP contribution is -2.50. The molecule has 1 unspecified atom stereocenters. The van der Waals surface area contributed by atoms with Crippen LogP contribution in [-0.4, -0.2) is 35.3 Å². The zero-order valence-electron chi connectivity index (χ0n) is 12.6. The molecule has 0 bridgehead atoms. The lowest BCUT2D eigenvalue weighted by Gasteiger charge is -2.36. The van der Waals surface area contributed by atoms with E-state index in [1.807, 2.05) is 19.4 Å². The SMILES string of the molecule is CCCC1(C(=O)NCCc2cnn(C)c2)CCCNC1. The first-order valence-electron chi connectivity index (χ1n) is 7.63. The van der Waals surface area contributed by atoms with Crippen molar-refractivity contribution < 1.29 is 4.79 Å². The quantitative estimate of drug-likeness (QED) is 0.823. The van der Waals surface area contributed by atoms with Gasteiger partial charge in [0.1, 0.15) is 0 Å².